The van der Waals surface area contributed by atoms with Gasteiger partial charge in [-0.2, -0.15) is 4.40 Å². The van der Waals surface area contributed by atoms with Gasteiger partial charge in [0.05, 0.1) is 21.4 Å². The van der Waals surface area contributed by atoms with Gasteiger partial charge in [0.2, 0.25) is 0 Å². The molecule has 0 unspecified atom stereocenters. The highest BCUT2D eigenvalue weighted by Crippen LogP contribution is 2.41. The van der Waals surface area contributed by atoms with Gasteiger partial charge in [-0.1, -0.05) is 109 Å². The van der Waals surface area contributed by atoms with Crippen LogP contribution in [0, 0.1) is 0 Å². The van der Waals surface area contributed by atoms with Gasteiger partial charge < -0.3 is 10.3 Å². The zero-order chi connectivity index (χ0) is 29.5. The number of aliphatic imine (C=N–C) groups is 1. The minimum atomic E-state index is 0.439. The maximum atomic E-state index is 6.86. The molecule has 0 radical (unpaired) electrons. The SMILES string of the molecule is N/C(=N\C(=N/Sc1ccccc1)c1ccccc1)c1cccc2sc3c(-n4c5ccccc5c5ccccc54)cccc3c12. The Bertz CT molecular complexity index is 2310. The summed E-state index contributed by atoms with van der Waals surface area (Å²) < 4.78 is 9.60. The van der Waals surface area contributed by atoms with Gasteiger partial charge >= 0.3 is 0 Å². The number of aromatic nitrogens is 1. The van der Waals surface area contributed by atoms with Crippen LogP contribution in [0.15, 0.2) is 160 Å². The minimum Gasteiger partial charge on any atom is -0.383 e. The highest BCUT2D eigenvalue weighted by atomic mass is 32.2. The van der Waals surface area contributed by atoms with Crippen LogP contribution in [0.5, 0.6) is 0 Å². The van der Waals surface area contributed by atoms with E-state index in [1.165, 1.54) is 43.2 Å². The Hall–Kier alpha value is -5.17. The van der Waals surface area contributed by atoms with Gasteiger partial charge in [-0.3, -0.25) is 0 Å². The largest absolute Gasteiger partial charge is 0.383 e. The topological polar surface area (TPSA) is 55.7 Å². The predicted octanol–water partition coefficient (Wildman–Crippen LogP) is 10.0. The van der Waals surface area contributed by atoms with Gasteiger partial charge in [0.25, 0.3) is 0 Å². The molecule has 8 aromatic rings. The molecule has 0 atom stereocenters. The van der Waals surface area contributed by atoms with Crippen molar-refractivity contribution in [1.82, 2.24) is 4.57 Å². The van der Waals surface area contributed by atoms with Gasteiger partial charge in [-0.15, -0.1) is 11.3 Å². The monoisotopic (exact) mass is 602 g/mol. The smallest absolute Gasteiger partial charge is 0.169 e. The van der Waals surface area contributed by atoms with Crippen molar-refractivity contribution in [1.29, 1.82) is 0 Å². The first kappa shape index (κ1) is 26.5. The average Bonchev–Trinajstić information content (AvgIpc) is 3.63. The Morgan fingerprint density at radius 3 is 1.95 bits per heavy atom. The number of hydrogen-bond acceptors (Lipinski definition) is 3. The molecule has 4 nitrogen and oxygen atoms in total. The van der Waals surface area contributed by atoms with Crippen LogP contribution < -0.4 is 5.73 Å². The molecule has 2 N–H and O–H groups in total. The van der Waals surface area contributed by atoms with E-state index in [0.29, 0.717) is 11.7 Å². The Morgan fingerprint density at radius 2 is 1.23 bits per heavy atom. The Morgan fingerprint density at radius 1 is 0.614 bits per heavy atom. The number of fused-ring (bicyclic) bond motifs is 6. The second-order valence-corrected chi connectivity index (χ2v) is 12.4. The van der Waals surface area contributed by atoms with Crippen molar-refractivity contribution >= 4 is 76.9 Å². The van der Waals surface area contributed by atoms with E-state index in [4.69, 9.17) is 15.1 Å². The molecule has 0 aliphatic heterocycles. The second-order valence-electron chi connectivity index (χ2n) is 10.5. The summed E-state index contributed by atoms with van der Waals surface area (Å²) in [5.41, 5.74) is 12.2. The summed E-state index contributed by atoms with van der Waals surface area (Å²) in [5.74, 6) is 1.02. The maximum Gasteiger partial charge on any atom is 0.169 e. The number of thiophene rings is 1. The van der Waals surface area contributed by atoms with Crippen LogP contribution in [0.3, 0.4) is 0 Å². The van der Waals surface area contributed by atoms with Crippen LogP contribution in [-0.4, -0.2) is 16.2 Å². The molecule has 0 bridgehead atoms. The van der Waals surface area contributed by atoms with E-state index in [2.05, 4.69) is 89.5 Å². The first-order valence-corrected chi connectivity index (χ1v) is 16.0. The zero-order valence-corrected chi connectivity index (χ0v) is 25.2. The second kappa shape index (κ2) is 11.2. The number of hydrogen-bond donors (Lipinski definition) is 1. The molecule has 6 aromatic carbocycles. The van der Waals surface area contributed by atoms with E-state index in [1.54, 1.807) is 11.3 Å². The lowest BCUT2D eigenvalue weighted by molar-refractivity contribution is 1.20. The summed E-state index contributed by atoms with van der Waals surface area (Å²) in [6.45, 7) is 0. The summed E-state index contributed by atoms with van der Waals surface area (Å²) in [5, 5.41) is 4.77. The van der Waals surface area contributed by atoms with E-state index in [1.807, 2.05) is 60.7 Å². The van der Waals surface area contributed by atoms with Crippen molar-refractivity contribution in [3.63, 3.8) is 0 Å². The van der Waals surface area contributed by atoms with Crippen molar-refractivity contribution < 1.29 is 0 Å². The van der Waals surface area contributed by atoms with Crippen molar-refractivity contribution in [2.75, 3.05) is 0 Å². The van der Waals surface area contributed by atoms with Crippen LogP contribution in [-0.2, 0) is 0 Å². The molecule has 6 heteroatoms. The number of amidine groups is 2. The van der Waals surface area contributed by atoms with Crippen LogP contribution >= 0.6 is 23.3 Å². The summed E-state index contributed by atoms with van der Waals surface area (Å²) in [6, 6.07) is 50.2. The lowest BCUT2D eigenvalue weighted by Gasteiger charge is -2.10. The quantitative estimate of drug-likeness (QED) is 0.121. The molecule has 0 aliphatic rings. The van der Waals surface area contributed by atoms with E-state index < -0.39 is 0 Å². The standard InChI is InChI=1S/C38H26N4S2/c39-37(40-38(25-13-3-1-4-14-25)41-44-26-15-5-2-6-16-26)30-20-12-24-34-35(30)29-19-11-23-33(36(29)43-34)42-31-21-9-7-17-27(31)28-18-8-10-22-32(28)42/h1-24H,(H2,39,40,41). The van der Waals surface area contributed by atoms with Crippen LogP contribution in [0.25, 0.3) is 47.7 Å². The van der Waals surface area contributed by atoms with Gasteiger partial charge in [-0.05, 0) is 36.4 Å². The van der Waals surface area contributed by atoms with Crippen LogP contribution in [0.1, 0.15) is 11.1 Å². The fourth-order valence-electron chi connectivity index (χ4n) is 5.88. The molecule has 0 saturated heterocycles. The molecule has 210 valence electrons. The molecule has 0 aliphatic carbocycles. The first-order valence-electron chi connectivity index (χ1n) is 14.4. The molecule has 2 heterocycles. The van der Waals surface area contributed by atoms with Gasteiger partial charge in [-0.25, -0.2) is 4.99 Å². The highest BCUT2D eigenvalue weighted by Gasteiger charge is 2.18. The Labute approximate surface area is 263 Å². The number of nitrogens with zero attached hydrogens (tertiary/aromatic N) is 3. The fourth-order valence-corrected chi connectivity index (χ4v) is 7.73. The van der Waals surface area contributed by atoms with Crippen molar-refractivity contribution in [3.8, 4) is 5.69 Å². The van der Waals surface area contributed by atoms with E-state index in [0.717, 1.165) is 32.5 Å². The Kier molecular flexibility index (Phi) is 6.71. The molecular formula is C38H26N4S2. The summed E-state index contributed by atoms with van der Waals surface area (Å²) in [6.07, 6.45) is 0. The molecule has 0 fully saturated rings. The fraction of sp³-hybridized carbons (Fsp3) is 0. The molecule has 0 saturated carbocycles. The summed E-state index contributed by atoms with van der Waals surface area (Å²) >= 11 is 3.19. The molecule has 2 aromatic heterocycles. The van der Waals surface area contributed by atoms with Crippen molar-refractivity contribution in [3.05, 3.63) is 157 Å². The lowest BCUT2D eigenvalue weighted by atomic mass is 10.0. The van der Waals surface area contributed by atoms with Crippen LogP contribution in [0.4, 0.5) is 0 Å². The maximum absolute atomic E-state index is 6.86. The molecule has 8 rings (SSSR count). The number of benzene rings is 6. The summed E-state index contributed by atoms with van der Waals surface area (Å²) in [7, 11) is 0. The van der Waals surface area contributed by atoms with E-state index >= 15 is 0 Å². The van der Waals surface area contributed by atoms with E-state index in [9.17, 15) is 0 Å². The lowest BCUT2D eigenvalue weighted by Crippen LogP contribution is -2.16. The summed E-state index contributed by atoms with van der Waals surface area (Å²) in [4.78, 5) is 5.99. The van der Waals surface area contributed by atoms with E-state index in [-0.39, 0.29) is 0 Å². The average molecular weight is 603 g/mol. The number of nitrogens with two attached hydrogens (primary N) is 1. The molecule has 44 heavy (non-hydrogen) atoms. The molecular weight excluding hydrogens is 577 g/mol. The molecule has 0 amide bonds. The minimum absolute atomic E-state index is 0.439. The molecule has 0 spiro atoms. The first-order chi connectivity index (χ1) is 21.8. The van der Waals surface area contributed by atoms with Gasteiger partial charge in [0, 0.05) is 54.2 Å². The highest BCUT2D eigenvalue weighted by molar-refractivity contribution is 7.98. The third-order valence-electron chi connectivity index (χ3n) is 7.84. The predicted molar refractivity (Wildman–Crippen MR) is 190 cm³/mol. The Balaban J connectivity index is 1.31. The third-order valence-corrected chi connectivity index (χ3v) is 9.78. The van der Waals surface area contributed by atoms with Crippen molar-refractivity contribution in [2.45, 2.75) is 4.90 Å². The zero-order valence-electron chi connectivity index (χ0n) is 23.6. The van der Waals surface area contributed by atoms with Crippen LogP contribution in [0.2, 0.25) is 0 Å². The third kappa shape index (κ3) is 4.56. The van der Waals surface area contributed by atoms with Gasteiger partial charge in [0.15, 0.2) is 5.84 Å². The van der Waals surface area contributed by atoms with Crippen molar-refractivity contribution in [2.24, 2.45) is 15.1 Å². The van der Waals surface area contributed by atoms with Gasteiger partial charge in [0.1, 0.15) is 5.84 Å². The number of para-hydroxylation sites is 2. The normalized spacial score (nSPS) is 12.5. The number of rotatable bonds is 5.